The van der Waals surface area contributed by atoms with Crippen LogP contribution < -0.4 is 16.0 Å². The van der Waals surface area contributed by atoms with E-state index in [9.17, 15) is 39.6 Å². The Morgan fingerprint density at radius 3 is 2.13 bits per heavy atom. The van der Waals surface area contributed by atoms with Crippen molar-refractivity contribution in [3.8, 4) is 0 Å². The summed E-state index contributed by atoms with van der Waals surface area (Å²) in [5, 5.41) is 48.3. The fourth-order valence-corrected chi connectivity index (χ4v) is 7.98. The van der Waals surface area contributed by atoms with Crippen molar-refractivity contribution in [2.45, 2.75) is 55.5 Å². The molecule has 0 aliphatic carbocycles. The summed E-state index contributed by atoms with van der Waals surface area (Å²) in [6.45, 7) is 1.89. The van der Waals surface area contributed by atoms with Crippen molar-refractivity contribution >= 4 is 41.3 Å². The first-order valence-corrected chi connectivity index (χ1v) is 17.3. The second kappa shape index (κ2) is 18.5. The summed E-state index contributed by atoms with van der Waals surface area (Å²) < 4.78 is 0. The summed E-state index contributed by atoms with van der Waals surface area (Å²) in [5.41, 5.74) is 1.56. The molecule has 3 aliphatic heterocycles. The van der Waals surface area contributed by atoms with E-state index in [1.165, 1.54) is 0 Å². The highest BCUT2D eigenvalue weighted by atomic mass is 32.2. The quantitative estimate of drug-likeness (QED) is 0.0987. The van der Waals surface area contributed by atoms with Crippen LogP contribution in [0.5, 0.6) is 0 Å². The van der Waals surface area contributed by atoms with Gasteiger partial charge in [-0.2, -0.15) is 11.8 Å². The molecule has 3 amide bonds. The molecule has 0 spiro atoms. The summed E-state index contributed by atoms with van der Waals surface area (Å²) in [7, 11) is 0. The van der Waals surface area contributed by atoms with Crippen molar-refractivity contribution in [1.82, 2.24) is 30.2 Å². The van der Waals surface area contributed by atoms with Gasteiger partial charge in [0.15, 0.2) is 0 Å². The summed E-state index contributed by atoms with van der Waals surface area (Å²) in [6.07, 6.45) is 3.42. The summed E-state index contributed by atoms with van der Waals surface area (Å²) >= 11 is 1.86. The van der Waals surface area contributed by atoms with Gasteiger partial charge in [0.25, 0.3) is 0 Å². The van der Waals surface area contributed by atoms with Gasteiger partial charge in [0, 0.05) is 75.0 Å². The van der Waals surface area contributed by atoms with Gasteiger partial charge in [0.2, 0.25) is 5.91 Å². The van der Waals surface area contributed by atoms with Gasteiger partial charge in [-0.05, 0) is 37.0 Å². The van der Waals surface area contributed by atoms with Crippen molar-refractivity contribution < 1.29 is 39.6 Å². The van der Waals surface area contributed by atoms with Gasteiger partial charge >= 0.3 is 18.0 Å². The van der Waals surface area contributed by atoms with Gasteiger partial charge in [-0.1, -0.05) is 18.6 Å². The topological polar surface area (TPSA) is 198 Å². The highest BCUT2D eigenvalue weighted by Gasteiger charge is 2.42. The van der Waals surface area contributed by atoms with Gasteiger partial charge in [-0.25, -0.2) is 4.79 Å². The SMILES string of the molecule is O=C(O)CN1CCN(CO)CCN(CO)CCN(CC(=O)O)C(Cc2ccc(NC(=O)CCCCC3SCC4NC(=O)NC43)cc2)C1. The Morgan fingerprint density at radius 1 is 0.851 bits per heavy atom. The number of carboxylic acids is 2. The van der Waals surface area contributed by atoms with Crippen LogP contribution in [0.3, 0.4) is 0 Å². The van der Waals surface area contributed by atoms with Crippen LogP contribution in [0.4, 0.5) is 10.5 Å². The van der Waals surface area contributed by atoms with Gasteiger partial charge in [0.05, 0.1) is 38.6 Å². The standard InChI is InChI=1S/C31H49N7O8S/c39-20-35-9-10-36(21-40)13-14-38(18-29(44)45)24(16-37(12-11-35)17-28(42)43)15-22-5-7-23(8-6-22)32-27(41)4-2-1-3-26-30-25(19-47-26)33-31(46)34-30/h5-8,24-26,30,39-40H,1-4,9-21H2,(H,32,41)(H,42,43)(H,44,45)(H2,33,34,46). The van der Waals surface area contributed by atoms with Crippen LogP contribution in [0.15, 0.2) is 24.3 Å². The molecule has 262 valence electrons. The van der Waals surface area contributed by atoms with E-state index in [0.717, 1.165) is 30.6 Å². The van der Waals surface area contributed by atoms with Crippen molar-refractivity contribution in [3.05, 3.63) is 29.8 Å². The second-order valence-electron chi connectivity index (χ2n) is 12.5. The third kappa shape index (κ3) is 11.9. The average molecular weight is 680 g/mol. The minimum atomic E-state index is -1.000. The number of unbranched alkanes of at least 4 members (excludes halogenated alkanes) is 1. The molecule has 7 N–H and O–H groups in total. The number of nitrogens with one attached hydrogen (secondary N) is 3. The number of rotatable bonds is 14. The van der Waals surface area contributed by atoms with E-state index in [1.807, 2.05) is 40.9 Å². The van der Waals surface area contributed by atoms with Crippen molar-refractivity contribution in [2.24, 2.45) is 0 Å². The summed E-state index contributed by atoms with van der Waals surface area (Å²) in [4.78, 5) is 55.0. The zero-order valence-electron chi connectivity index (χ0n) is 26.8. The Bertz CT molecular complexity index is 1190. The number of carbonyl (C=O) groups excluding carboxylic acids is 2. The van der Waals surface area contributed by atoms with E-state index in [4.69, 9.17) is 0 Å². The molecular formula is C31H49N7O8S. The first kappa shape index (κ1) is 36.8. The van der Waals surface area contributed by atoms with Gasteiger partial charge < -0.3 is 36.4 Å². The number of urea groups is 1. The smallest absolute Gasteiger partial charge is 0.317 e. The number of amides is 3. The minimum absolute atomic E-state index is 0.0767. The molecule has 4 unspecified atom stereocenters. The first-order chi connectivity index (χ1) is 22.6. The number of aliphatic hydroxyl groups excluding tert-OH is 2. The number of hydrogen-bond acceptors (Lipinski definition) is 11. The number of carboxylic acid groups (broad SMARTS) is 2. The zero-order chi connectivity index (χ0) is 33.8. The molecule has 4 atom stereocenters. The number of anilines is 1. The molecule has 0 saturated carbocycles. The van der Waals surface area contributed by atoms with Crippen molar-refractivity contribution in [3.63, 3.8) is 0 Å². The largest absolute Gasteiger partial charge is 0.480 e. The first-order valence-electron chi connectivity index (χ1n) is 16.3. The van der Waals surface area contributed by atoms with E-state index >= 15 is 0 Å². The molecule has 1 aromatic carbocycles. The summed E-state index contributed by atoms with van der Waals surface area (Å²) in [5.74, 6) is -1.16. The van der Waals surface area contributed by atoms with Crippen LogP contribution in [0.2, 0.25) is 0 Å². The molecule has 3 fully saturated rings. The van der Waals surface area contributed by atoms with Gasteiger partial charge in [-0.15, -0.1) is 0 Å². The average Bonchev–Trinajstić information content (AvgIpc) is 3.58. The van der Waals surface area contributed by atoms with Crippen molar-refractivity contribution in [2.75, 3.05) is 83.4 Å². The number of fused-ring (bicyclic) bond motifs is 1. The number of aliphatic hydroxyl groups is 2. The van der Waals surface area contributed by atoms with Gasteiger partial charge in [-0.3, -0.25) is 34.0 Å². The second-order valence-corrected chi connectivity index (χ2v) is 13.8. The van der Waals surface area contributed by atoms with Crippen LogP contribution >= 0.6 is 11.8 Å². The number of hydrogen-bond donors (Lipinski definition) is 7. The highest BCUT2D eigenvalue weighted by molar-refractivity contribution is 8.00. The van der Waals surface area contributed by atoms with E-state index in [0.29, 0.717) is 69.6 Å². The maximum Gasteiger partial charge on any atom is 0.317 e. The Balaban J connectivity index is 1.35. The molecule has 47 heavy (non-hydrogen) atoms. The van der Waals surface area contributed by atoms with Crippen LogP contribution in [0.1, 0.15) is 31.2 Å². The van der Waals surface area contributed by atoms with E-state index < -0.39 is 11.9 Å². The third-order valence-electron chi connectivity index (χ3n) is 9.04. The zero-order valence-corrected chi connectivity index (χ0v) is 27.6. The van der Waals surface area contributed by atoms with E-state index in [1.54, 1.807) is 14.7 Å². The molecule has 3 aliphatic rings. The minimum Gasteiger partial charge on any atom is -0.480 e. The number of thioether (sulfide) groups is 1. The van der Waals surface area contributed by atoms with E-state index in [2.05, 4.69) is 16.0 Å². The third-order valence-corrected chi connectivity index (χ3v) is 10.5. The normalized spacial score (nSPS) is 25.3. The number of aliphatic carboxylic acids is 2. The lowest BCUT2D eigenvalue weighted by Crippen LogP contribution is -2.53. The molecule has 0 bridgehead atoms. The molecule has 0 radical (unpaired) electrons. The fourth-order valence-electron chi connectivity index (χ4n) is 6.43. The molecule has 3 saturated heterocycles. The Morgan fingerprint density at radius 2 is 1.49 bits per heavy atom. The summed E-state index contributed by atoms with van der Waals surface area (Å²) in [6, 6.07) is 7.31. The fraction of sp³-hybridized carbons (Fsp3) is 0.677. The molecule has 4 rings (SSSR count). The van der Waals surface area contributed by atoms with E-state index in [-0.39, 0.29) is 56.6 Å². The maximum absolute atomic E-state index is 12.6. The van der Waals surface area contributed by atoms with Crippen LogP contribution in [0, 0.1) is 0 Å². The monoisotopic (exact) mass is 679 g/mol. The van der Waals surface area contributed by atoms with Crippen LogP contribution in [-0.4, -0.2) is 165 Å². The molecule has 1 aromatic rings. The molecule has 0 aromatic heterocycles. The Labute approximate surface area is 279 Å². The lowest BCUT2D eigenvalue weighted by atomic mass is 10.0. The Hall–Kier alpha value is -2.99. The van der Waals surface area contributed by atoms with Crippen molar-refractivity contribution in [1.29, 1.82) is 0 Å². The number of carbonyl (C=O) groups is 4. The van der Waals surface area contributed by atoms with Crippen LogP contribution in [-0.2, 0) is 20.8 Å². The molecule has 15 nitrogen and oxygen atoms in total. The number of nitrogens with zero attached hydrogens (tertiary/aromatic N) is 4. The Kier molecular flexibility index (Phi) is 14.5. The number of benzene rings is 1. The van der Waals surface area contributed by atoms with Crippen LogP contribution in [0.25, 0.3) is 0 Å². The lowest BCUT2D eigenvalue weighted by molar-refractivity contribution is -0.141. The highest BCUT2D eigenvalue weighted by Crippen LogP contribution is 2.33. The molecule has 3 heterocycles. The lowest BCUT2D eigenvalue weighted by Gasteiger charge is -2.37. The molecular weight excluding hydrogens is 630 g/mol. The predicted octanol–water partition coefficient (Wildman–Crippen LogP) is -0.448. The molecule has 16 heteroatoms. The maximum atomic E-state index is 12.6. The predicted molar refractivity (Wildman–Crippen MR) is 177 cm³/mol. The van der Waals surface area contributed by atoms with Gasteiger partial charge in [0.1, 0.15) is 0 Å².